The number of carbonyl (C=O) groups is 1. The summed E-state index contributed by atoms with van der Waals surface area (Å²) in [7, 11) is 2.04. The molecule has 3 aromatic heterocycles. The quantitative estimate of drug-likeness (QED) is 0.427. The largest absolute Gasteiger partial charge is 0.322 e. The van der Waals surface area contributed by atoms with Crippen LogP contribution in [0.25, 0.3) is 5.65 Å². The van der Waals surface area contributed by atoms with Crippen LogP contribution in [0.5, 0.6) is 0 Å². The van der Waals surface area contributed by atoms with Crippen LogP contribution in [0.2, 0.25) is 0 Å². The maximum Gasteiger partial charge on any atom is 0.257 e. The van der Waals surface area contributed by atoms with Crippen LogP contribution in [0.1, 0.15) is 45.6 Å². The fourth-order valence-corrected chi connectivity index (χ4v) is 4.51. The molecular weight excluding hydrogens is 450 g/mol. The summed E-state index contributed by atoms with van der Waals surface area (Å²) in [6, 6.07) is 12.1. The van der Waals surface area contributed by atoms with Crippen molar-refractivity contribution in [3.63, 3.8) is 0 Å². The van der Waals surface area contributed by atoms with Gasteiger partial charge in [-0.15, -0.1) is 0 Å². The molecule has 1 saturated heterocycles. The number of rotatable bonds is 5. The van der Waals surface area contributed by atoms with E-state index in [1.165, 1.54) is 24.0 Å². The Hall–Kier alpha value is -4.06. The molecule has 0 aliphatic carbocycles. The van der Waals surface area contributed by atoms with Crippen LogP contribution in [0.4, 0.5) is 5.69 Å². The molecular formula is C28H29N7O. The number of likely N-dealkylation sites (N-methyl/N-ethyl adjacent to an activating group) is 1. The number of imidazole rings is 1. The number of nitrogens with zero attached hydrogens (tertiary/aromatic N) is 5. The number of aryl methyl sites for hydroxylation is 1. The van der Waals surface area contributed by atoms with E-state index in [-0.39, 0.29) is 5.91 Å². The lowest BCUT2D eigenvalue weighted by molar-refractivity contribution is 0.102. The number of likely N-dealkylation sites (tertiary alicyclic amines) is 1. The number of benzene rings is 1. The van der Waals surface area contributed by atoms with Crippen LogP contribution in [-0.4, -0.2) is 56.6 Å². The van der Waals surface area contributed by atoms with E-state index in [2.05, 4.69) is 55.4 Å². The second kappa shape index (κ2) is 10.7. The van der Waals surface area contributed by atoms with Crippen molar-refractivity contribution < 1.29 is 4.79 Å². The average molecular weight is 480 g/mol. The molecule has 0 saturated carbocycles. The van der Waals surface area contributed by atoms with E-state index in [9.17, 15) is 4.79 Å². The number of fused-ring (bicyclic) bond motifs is 1. The van der Waals surface area contributed by atoms with Gasteiger partial charge in [0.2, 0.25) is 0 Å². The first kappa shape index (κ1) is 23.7. The summed E-state index contributed by atoms with van der Waals surface area (Å²) in [6.07, 6.45) is 9.00. The van der Waals surface area contributed by atoms with Gasteiger partial charge in [0.25, 0.3) is 5.91 Å². The SMILES string of the molecule is CN[C@@H]1CCCN(Cc2ccc(NC(=O)c3cncc(C#Cc4cnc5cccnn45)c3)cc2C)C1. The van der Waals surface area contributed by atoms with E-state index in [0.29, 0.717) is 22.9 Å². The summed E-state index contributed by atoms with van der Waals surface area (Å²) in [6.45, 7) is 5.20. The highest BCUT2D eigenvalue weighted by molar-refractivity contribution is 6.04. The molecule has 5 rings (SSSR count). The van der Waals surface area contributed by atoms with Crippen molar-refractivity contribution in [1.29, 1.82) is 0 Å². The Morgan fingerprint density at radius 1 is 1.17 bits per heavy atom. The van der Waals surface area contributed by atoms with E-state index in [4.69, 9.17) is 0 Å². The van der Waals surface area contributed by atoms with Gasteiger partial charge in [-0.05, 0) is 80.7 Å². The molecule has 0 spiro atoms. The first-order valence-electron chi connectivity index (χ1n) is 12.2. The molecule has 1 aromatic carbocycles. The summed E-state index contributed by atoms with van der Waals surface area (Å²) >= 11 is 0. The number of piperidine rings is 1. The predicted octanol–water partition coefficient (Wildman–Crippen LogP) is 3.27. The third-order valence-electron chi connectivity index (χ3n) is 6.52. The molecule has 4 aromatic rings. The van der Waals surface area contributed by atoms with Crippen molar-refractivity contribution in [2.75, 3.05) is 25.5 Å². The summed E-state index contributed by atoms with van der Waals surface area (Å²) in [5.74, 6) is 5.90. The van der Waals surface area contributed by atoms with E-state index in [1.54, 1.807) is 35.4 Å². The minimum Gasteiger partial charge on any atom is -0.322 e. The Bertz CT molecular complexity index is 1450. The molecule has 8 heteroatoms. The number of hydrogen-bond acceptors (Lipinski definition) is 6. The van der Waals surface area contributed by atoms with E-state index >= 15 is 0 Å². The maximum absolute atomic E-state index is 12.9. The first-order valence-corrected chi connectivity index (χ1v) is 12.2. The van der Waals surface area contributed by atoms with Crippen molar-refractivity contribution in [2.45, 2.75) is 32.4 Å². The predicted molar refractivity (Wildman–Crippen MR) is 140 cm³/mol. The Kier molecular flexibility index (Phi) is 7.03. The fraction of sp³-hybridized carbons (Fsp3) is 0.286. The highest BCUT2D eigenvalue weighted by atomic mass is 16.1. The van der Waals surface area contributed by atoms with Crippen LogP contribution in [0, 0.1) is 18.8 Å². The zero-order valence-electron chi connectivity index (χ0n) is 20.5. The summed E-state index contributed by atoms with van der Waals surface area (Å²) in [4.78, 5) is 23.9. The van der Waals surface area contributed by atoms with Gasteiger partial charge in [-0.25, -0.2) is 9.50 Å². The Morgan fingerprint density at radius 3 is 2.94 bits per heavy atom. The van der Waals surface area contributed by atoms with Gasteiger partial charge in [-0.2, -0.15) is 5.10 Å². The van der Waals surface area contributed by atoms with Crippen LogP contribution in [-0.2, 0) is 6.54 Å². The molecule has 2 N–H and O–H groups in total. The standard InChI is InChI=1S/C28H29N7O/c1-20-13-24(9-8-22(20)18-34-12-4-5-25(19-34)29-2)33-28(36)23-14-21(15-30-16-23)7-10-26-17-31-27-6-3-11-32-35(26)27/h3,6,8-9,11,13-17,25,29H,4-5,12,18-19H2,1-2H3,(H,33,36)/t25-/m1/s1. The van der Waals surface area contributed by atoms with Gasteiger partial charge in [0.15, 0.2) is 5.65 Å². The van der Waals surface area contributed by atoms with E-state index in [0.717, 1.165) is 31.0 Å². The minimum absolute atomic E-state index is 0.220. The highest BCUT2D eigenvalue weighted by Crippen LogP contribution is 2.20. The third-order valence-corrected chi connectivity index (χ3v) is 6.52. The molecule has 4 heterocycles. The van der Waals surface area contributed by atoms with Crippen molar-refractivity contribution in [2.24, 2.45) is 0 Å². The van der Waals surface area contributed by atoms with Crippen molar-refractivity contribution in [3.8, 4) is 11.8 Å². The fourth-order valence-electron chi connectivity index (χ4n) is 4.51. The number of carbonyl (C=O) groups excluding carboxylic acids is 1. The average Bonchev–Trinajstić information content (AvgIpc) is 3.32. The van der Waals surface area contributed by atoms with E-state index in [1.807, 2.05) is 31.3 Å². The molecule has 1 atom stereocenters. The number of pyridine rings is 1. The first-order chi connectivity index (χ1) is 17.6. The summed E-state index contributed by atoms with van der Waals surface area (Å²) in [5.41, 5.74) is 5.70. The summed E-state index contributed by atoms with van der Waals surface area (Å²) < 4.78 is 1.67. The zero-order valence-corrected chi connectivity index (χ0v) is 20.5. The van der Waals surface area contributed by atoms with Crippen molar-refractivity contribution >= 4 is 17.2 Å². The lowest BCUT2D eigenvalue weighted by Gasteiger charge is -2.32. The van der Waals surface area contributed by atoms with Gasteiger partial charge < -0.3 is 10.6 Å². The molecule has 0 bridgehead atoms. The number of nitrogens with one attached hydrogen (secondary N) is 2. The van der Waals surface area contributed by atoms with Gasteiger partial charge in [0, 0.05) is 49.0 Å². The monoisotopic (exact) mass is 479 g/mol. The molecule has 1 aliphatic rings. The zero-order chi connectivity index (χ0) is 24.9. The number of amides is 1. The molecule has 0 radical (unpaired) electrons. The van der Waals surface area contributed by atoms with Gasteiger partial charge in [0.05, 0.1) is 11.8 Å². The lowest BCUT2D eigenvalue weighted by atomic mass is 10.0. The molecule has 36 heavy (non-hydrogen) atoms. The summed E-state index contributed by atoms with van der Waals surface area (Å²) in [5, 5.41) is 10.7. The molecule has 0 unspecified atom stereocenters. The molecule has 182 valence electrons. The lowest BCUT2D eigenvalue weighted by Crippen LogP contribution is -2.43. The maximum atomic E-state index is 12.9. The normalized spacial score (nSPS) is 15.9. The number of anilines is 1. The van der Waals surface area contributed by atoms with Crippen LogP contribution in [0.3, 0.4) is 0 Å². The second-order valence-electron chi connectivity index (χ2n) is 9.11. The van der Waals surface area contributed by atoms with Crippen LogP contribution < -0.4 is 10.6 Å². The highest BCUT2D eigenvalue weighted by Gasteiger charge is 2.19. The van der Waals surface area contributed by atoms with Crippen molar-refractivity contribution in [1.82, 2.24) is 29.8 Å². The third kappa shape index (κ3) is 5.43. The van der Waals surface area contributed by atoms with Gasteiger partial charge in [0.1, 0.15) is 5.69 Å². The van der Waals surface area contributed by atoms with Crippen molar-refractivity contribution in [3.05, 3.63) is 89.1 Å². The molecule has 1 amide bonds. The Balaban J connectivity index is 1.25. The van der Waals surface area contributed by atoms with Crippen LogP contribution in [0.15, 0.2) is 61.2 Å². The van der Waals surface area contributed by atoms with E-state index < -0.39 is 0 Å². The molecule has 1 aliphatic heterocycles. The minimum atomic E-state index is -0.220. The Morgan fingerprint density at radius 2 is 2.08 bits per heavy atom. The van der Waals surface area contributed by atoms with Gasteiger partial charge in [-0.3, -0.25) is 14.7 Å². The smallest absolute Gasteiger partial charge is 0.257 e. The second-order valence-corrected chi connectivity index (χ2v) is 9.11. The molecule has 8 nitrogen and oxygen atoms in total. The van der Waals surface area contributed by atoms with Gasteiger partial charge >= 0.3 is 0 Å². The number of hydrogen-bond donors (Lipinski definition) is 2. The molecule has 1 fully saturated rings. The van der Waals surface area contributed by atoms with Crippen LogP contribution >= 0.6 is 0 Å². The number of aromatic nitrogens is 4. The Labute approximate surface area is 210 Å². The topological polar surface area (TPSA) is 87.5 Å². The van der Waals surface area contributed by atoms with Gasteiger partial charge in [-0.1, -0.05) is 12.0 Å².